The fourth-order valence-electron chi connectivity index (χ4n) is 3.05. The smallest absolute Gasteiger partial charge is 0.308 e. The number of urea groups is 1. The predicted octanol–water partition coefficient (Wildman–Crippen LogP) is 2.42. The van der Waals surface area contributed by atoms with Crippen molar-refractivity contribution < 1.29 is 9.59 Å². The van der Waals surface area contributed by atoms with E-state index in [-0.39, 0.29) is 37.9 Å². The highest BCUT2D eigenvalue weighted by Crippen LogP contribution is 2.36. The number of nitrogens with zero attached hydrogens (tertiary/aromatic N) is 4. The Labute approximate surface area is 125 Å². The highest BCUT2D eigenvalue weighted by Gasteiger charge is 2.55. The summed E-state index contributed by atoms with van der Waals surface area (Å²) in [5.74, 6) is -0.204. The Morgan fingerprint density at radius 3 is 2.00 bits per heavy atom. The Bertz CT molecular complexity index is 469. The number of carbonyl (C=O) groups is 2. The highest BCUT2D eigenvalue weighted by atomic mass is 16.2. The van der Waals surface area contributed by atoms with Crippen LogP contribution in [0.2, 0.25) is 0 Å². The van der Waals surface area contributed by atoms with Crippen molar-refractivity contribution in [2.24, 2.45) is 0 Å². The molecule has 0 saturated carbocycles. The molecule has 114 valence electrons. The summed E-state index contributed by atoms with van der Waals surface area (Å²) in [7, 11) is 0. The lowest BCUT2D eigenvalue weighted by Gasteiger charge is -2.34. The monoisotopic (exact) mass is 290 g/mol. The number of amides is 3. The molecule has 0 radical (unpaired) electrons. The summed E-state index contributed by atoms with van der Waals surface area (Å²) in [5.41, 5.74) is -0.826. The van der Waals surface area contributed by atoms with Gasteiger partial charge in [-0.05, 0) is 12.8 Å². The first-order valence-electron chi connectivity index (χ1n) is 7.46. The molecule has 1 saturated heterocycles. The minimum absolute atomic E-state index is 0.131. The fraction of sp³-hybridized carbons (Fsp3) is 0.733. The van der Waals surface area contributed by atoms with E-state index in [0.29, 0.717) is 12.8 Å². The normalized spacial score (nSPS) is 17.0. The molecule has 0 aromatic carbocycles. The molecule has 0 aliphatic carbocycles. The van der Waals surface area contributed by atoms with Crippen LogP contribution in [0.25, 0.3) is 0 Å². The summed E-state index contributed by atoms with van der Waals surface area (Å²) < 4.78 is 0. The zero-order valence-corrected chi connectivity index (χ0v) is 12.8. The molecule has 0 N–H and O–H groups in total. The first-order valence-corrected chi connectivity index (χ1v) is 7.46. The Morgan fingerprint density at radius 2 is 1.52 bits per heavy atom. The second kappa shape index (κ2) is 7.64. The van der Waals surface area contributed by atoms with Crippen LogP contribution < -0.4 is 0 Å². The van der Waals surface area contributed by atoms with Crippen LogP contribution >= 0.6 is 0 Å². The van der Waals surface area contributed by atoms with Crippen LogP contribution in [0.3, 0.4) is 0 Å². The summed E-state index contributed by atoms with van der Waals surface area (Å²) >= 11 is 0. The number of imide groups is 1. The third-order valence-electron chi connectivity index (χ3n) is 3.84. The molecule has 21 heavy (non-hydrogen) atoms. The van der Waals surface area contributed by atoms with Crippen LogP contribution in [0.5, 0.6) is 0 Å². The second-order valence-electron chi connectivity index (χ2n) is 5.24. The Kier molecular flexibility index (Phi) is 6.17. The summed E-state index contributed by atoms with van der Waals surface area (Å²) in [5, 5.41) is 17.5. The standard InChI is InChI=1S/C15H22N4O2/c1-3-7-15(8-4-2)13(20)18(11-5-9-16)14(21)19(15)12-6-10-17/h3-8,11-12H2,1-2H3. The lowest BCUT2D eigenvalue weighted by Crippen LogP contribution is -2.50. The van der Waals surface area contributed by atoms with Crippen molar-refractivity contribution in [3.63, 3.8) is 0 Å². The van der Waals surface area contributed by atoms with Gasteiger partial charge >= 0.3 is 6.03 Å². The van der Waals surface area contributed by atoms with E-state index in [1.54, 1.807) is 4.90 Å². The van der Waals surface area contributed by atoms with Crippen LogP contribution in [-0.4, -0.2) is 40.4 Å². The predicted molar refractivity (Wildman–Crippen MR) is 76.8 cm³/mol. The van der Waals surface area contributed by atoms with E-state index in [9.17, 15) is 9.59 Å². The van der Waals surface area contributed by atoms with E-state index in [4.69, 9.17) is 10.5 Å². The van der Waals surface area contributed by atoms with Crippen molar-refractivity contribution in [3.8, 4) is 12.1 Å². The van der Waals surface area contributed by atoms with Crippen LogP contribution in [0.4, 0.5) is 4.79 Å². The first kappa shape index (κ1) is 17.0. The molecule has 1 heterocycles. The zero-order valence-electron chi connectivity index (χ0n) is 12.8. The Hall–Kier alpha value is -2.08. The van der Waals surface area contributed by atoms with Gasteiger partial charge in [-0.25, -0.2) is 4.79 Å². The summed E-state index contributed by atoms with van der Waals surface area (Å²) in [6.07, 6.45) is 3.11. The molecule has 0 atom stereocenters. The van der Waals surface area contributed by atoms with Gasteiger partial charge < -0.3 is 4.90 Å². The van der Waals surface area contributed by atoms with E-state index < -0.39 is 5.54 Å². The average Bonchev–Trinajstić information content (AvgIpc) is 2.65. The Morgan fingerprint density at radius 1 is 1.00 bits per heavy atom. The number of nitriles is 2. The van der Waals surface area contributed by atoms with Crippen LogP contribution in [0.15, 0.2) is 0 Å². The summed E-state index contributed by atoms with van der Waals surface area (Å²) in [6.45, 7) is 4.36. The minimum atomic E-state index is -0.826. The maximum absolute atomic E-state index is 12.8. The highest BCUT2D eigenvalue weighted by molar-refractivity contribution is 6.07. The summed E-state index contributed by atoms with van der Waals surface area (Å²) in [4.78, 5) is 28.0. The van der Waals surface area contributed by atoms with Crippen LogP contribution in [0.1, 0.15) is 52.4 Å². The lowest BCUT2D eigenvalue weighted by molar-refractivity contribution is -0.134. The molecule has 0 bridgehead atoms. The molecular formula is C15H22N4O2. The third-order valence-corrected chi connectivity index (χ3v) is 3.84. The van der Waals surface area contributed by atoms with Crippen molar-refractivity contribution in [2.75, 3.05) is 13.1 Å². The third kappa shape index (κ3) is 3.16. The van der Waals surface area contributed by atoms with Crippen molar-refractivity contribution >= 4 is 11.9 Å². The molecule has 1 rings (SSSR count). The molecular weight excluding hydrogens is 268 g/mol. The molecule has 0 unspecified atom stereocenters. The molecule has 0 aromatic heterocycles. The van der Waals surface area contributed by atoms with Gasteiger partial charge in [-0.3, -0.25) is 9.69 Å². The largest absolute Gasteiger partial charge is 0.327 e. The van der Waals surface area contributed by atoms with Crippen molar-refractivity contribution in [1.29, 1.82) is 10.5 Å². The molecule has 6 heteroatoms. The molecule has 1 fully saturated rings. The van der Waals surface area contributed by atoms with Gasteiger partial charge in [-0.15, -0.1) is 0 Å². The number of rotatable bonds is 8. The van der Waals surface area contributed by atoms with Crippen molar-refractivity contribution in [1.82, 2.24) is 9.80 Å². The van der Waals surface area contributed by atoms with Gasteiger partial charge in [0, 0.05) is 13.1 Å². The zero-order chi connectivity index (χ0) is 15.9. The van der Waals surface area contributed by atoms with Gasteiger partial charge in [-0.1, -0.05) is 26.7 Å². The molecule has 0 spiro atoms. The molecule has 1 aliphatic rings. The van der Waals surface area contributed by atoms with Gasteiger partial charge in [0.15, 0.2) is 0 Å². The van der Waals surface area contributed by atoms with Gasteiger partial charge in [0.25, 0.3) is 5.91 Å². The molecule has 6 nitrogen and oxygen atoms in total. The molecule has 3 amide bonds. The van der Waals surface area contributed by atoms with Gasteiger partial charge in [0.1, 0.15) is 5.54 Å². The van der Waals surface area contributed by atoms with E-state index in [1.807, 2.05) is 26.0 Å². The van der Waals surface area contributed by atoms with E-state index in [0.717, 1.165) is 12.8 Å². The number of hydrogen-bond acceptors (Lipinski definition) is 4. The minimum Gasteiger partial charge on any atom is -0.308 e. The Balaban J connectivity index is 3.14. The number of hydrogen-bond donors (Lipinski definition) is 0. The van der Waals surface area contributed by atoms with Crippen molar-refractivity contribution in [2.45, 2.75) is 57.9 Å². The topological polar surface area (TPSA) is 88.2 Å². The van der Waals surface area contributed by atoms with E-state index >= 15 is 0 Å². The number of carbonyl (C=O) groups excluding carboxylic acids is 2. The SMILES string of the molecule is CCCC1(CCC)C(=O)N(CCC#N)C(=O)N1CCC#N. The summed E-state index contributed by atoms with van der Waals surface area (Å²) in [6, 6.07) is 3.65. The van der Waals surface area contributed by atoms with Gasteiger partial charge in [0.2, 0.25) is 0 Å². The second-order valence-corrected chi connectivity index (χ2v) is 5.24. The van der Waals surface area contributed by atoms with Crippen LogP contribution in [0, 0.1) is 22.7 Å². The van der Waals surface area contributed by atoms with E-state index in [2.05, 4.69) is 0 Å². The first-order chi connectivity index (χ1) is 10.1. The molecule has 0 aromatic rings. The maximum atomic E-state index is 12.8. The molecule has 1 aliphatic heterocycles. The fourth-order valence-corrected chi connectivity index (χ4v) is 3.05. The van der Waals surface area contributed by atoms with Crippen molar-refractivity contribution in [3.05, 3.63) is 0 Å². The average molecular weight is 290 g/mol. The van der Waals surface area contributed by atoms with E-state index in [1.165, 1.54) is 4.90 Å². The van der Waals surface area contributed by atoms with Gasteiger partial charge in [-0.2, -0.15) is 10.5 Å². The maximum Gasteiger partial charge on any atom is 0.327 e. The van der Waals surface area contributed by atoms with Gasteiger partial charge in [0.05, 0.1) is 25.0 Å². The van der Waals surface area contributed by atoms with Crippen LogP contribution in [-0.2, 0) is 4.79 Å². The quantitative estimate of drug-likeness (QED) is 0.642. The lowest BCUT2D eigenvalue weighted by atomic mass is 9.87.